The molecule has 0 radical (unpaired) electrons. The molecule has 1 saturated heterocycles. The highest BCUT2D eigenvalue weighted by atomic mass is 16.5. The van der Waals surface area contributed by atoms with Crippen molar-refractivity contribution in [2.24, 2.45) is 23.7 Å². The van der Waals surface area contributed by atoms with Gasteiger partial charge in [0.2, 0.25) is 23.6 Å². The molecule has 1 fully saturated rings. The fraction of sp³-hybridized carbons (Fsp3) is 0.732. The highest BCUT2D eigenvalue weighted by Gasteiger charge is 2.43. The molecule has 12 heteroatoms. The van der Waals surface area contributed by atoms with Gasteiger partial charge in [0.15, 0.2) is 5.78 Å². The van der Waals surface area contributed by atoms with Gasteiger partial charge in [-0.3, -0.25) is 28.9 Å². The summed E-state index contributed by atoms with van der Waals surface area (Å²) in [5.41, 5.74) is 0.945. The van der Waals surface area contributed by atoms with Gasteiger partial charge in [-0.05, 0) is 63.6 Å². The molecule has 1 aliphatic heterocycles. The minimum absolute atomic E-state index is 0.0227. The smallest absolute Gasteiger partial charge is 0.245 e. The highest BCUT2D eigenvalue weighted by molar-refractivity contribution is 5.90. The number of carbonyl (C=O) groups excluding carboxylic acids is 5. The van der Waals surface area contributed by atoms with Crippen molar-refractivity contribution in [2.45, 2.75) is 130 Å². The van der Waals surface area contributed by atoms with E-state index in [1.54, 1.807) is 38.0 Å². The van der Waals surface area contributed by atoms with Crippen molar-refractivity contribution in [1.82, 2.24) is 25.3 Å². The number of likely N-dealkylation sites (tertiary alicyclic amines) is 1. The summed E-state index contributed by atoms with van der Waals surface area (Å²) in [4.78, 5) is 73.2. The molecule has 9 atom stereocenters. The van der Waals surface area contributed by atoms with Crippen LogP contribution < -0.4 is 10.6 Å². The first-order valence-electron chi connectivity index (χ1n) is 19.3. The monoisotopic (exact) mass is 744 g/mol. The number of ether oxygens (including phenoxy) is 2. The number of likely N-dealkylation sites (N-methyl/N-ethyl adjacent to an activating group) is 2. The van der Waals surface area contributed by atoms with Gasteiger partial charge in [0.1, 0.15) is 6.04 Å². The van der Waals surface area contributed by atoms with E-state index in [4.69, 9.17) is 9.47 Å². The summed E-state index contributed by atoms with van der Waals surface area (Å²) in [5, 5.41) is 5.97. The summed E-state index contributed by atoms with van der Waals surface area (Å²) in [6.45, 7) is 15.6. The summed E-state index contributed by atoms with van der Waals surface area (Å²) in [5.74, 6) is -1.82. The fourth-order valence-electron chi connectivity index (χ4n) is 7.86. The van der Waals surface area contributed by atoms with E-state index in [9.17, 15) is 24.0 Å². The Labute approximate surface area is 319 Å². The number of amides is 4. The van der Waals surface area contributed by atoms with Crippen LogP contribution in [0.3, 0.4) is 0 Å². The van der Waals surface area contributed by atoms with Crippen LogP contribution in [0.15, 0.2) is 30.3 Å². The second-order valence-electron chi connectivity index (χ2n) is 15.8. The van der Waals surface area contributed by atoms with E-state index in [1.807, 2.05) is 90.9 Å². The van der Waals surface area contributed by atoms with Crippen molar-refractivity contribution >= 4 is 29.4 Å². The molecule has 12 nitrogen and oxygen atoms in total. The summed E-state index contributed by atoms with van der Waals surface area (Å²) in [6, 6.07) is 6.90. The van der Waals surface area contributed by atoms with Gasteiger partial charge < -0.3 is 29.9 Å². The Kier molecular flexibility index (Phi) is 18.6. The molecule has 2 N–H and O–H groups in total. The summed E-state index contributed by atoms with van der Waals surface area (Å²) in [7, 11) is 8.55. The largest absolute Gasteiger partial charge is 0.379 e. The van der Waals surface area contributed by atoms with Crippen LogP contribution >= 0.6 is 0 Å². The standard InChI is InChI=1S/C41H69N5O7/c1-14-27(6)37(45(11)41(51)35(25(2)3)43-40(50)36(26(4)5)44(9)10)33(52-12)24-34(48)46-22-18-21-32(46)38(53-13)28(7)39(49)42-31(29(8)47)23-30-19-16-15-17-20-30/h15-17,19-20,25-28,31-33,35-38H,14,18,21-24H2,1-13H3,(H,42,49)(H,43,50). The van der Waals surface area contributed by atoms with Gasteiger partial charge in [-0.1, -0.05) is 85.2 Å². The Morgan fingerprint density at radius 2 is 1.51 bits per heavy atom. The number of hydrogen-bond acceptors (Lipinski definition) is 8. The number of Topliss-reactive ketones (excluding diaryl/α,β-unsaturated/α-hetero) is 1. The van der Waals surface area contributed by atoms with Gasteiger partial charge in [0, 0.05) is 27.8 Å². The maximum absolute atomic E-state index is 14.2. The predicted octanol–water partition coefficient (Wildman–Crippen LogP) is 3.95. The van der Waals surface area contributed by atoms with Gasteiger partial charge in [0.25, 0.3) is 0 Å². The maximum atomic E-state index is 14.2. The lowest BCUT2D eigenvalue weighted by molar-refractivity contribution is -0.148. The number of methoxy groups -OCH3 is 2. The number of carbonyl (C=O) groups is 5. The first kappa shape index (κ1) is 45.8. The second kappa shape index (κ2) is 21.5. The van der Waals surface area contributed by atoms with E-state index in [0.29, 0.717) is 19.4 Å². The van der Waals surface area contributed by atoms with Crippen LogP contribution in [0, 0.1) is 23.7 Å². The quantitative estimate of drug-likeness (QED) is 0.193. The molecule has 0 aliphatic carbocycles. The van der Waals surface area contributed by atoms with E-state index < -0.39 is 42.3 Å². The van der Waals surface area contributed by atoms with E-state index >= 15 is 0 Å². The van der Waals surface area contributed by atoms with Crippen LogP contribution in [-0.4, -0.2) is 128 Å². The van der Waals surface area contributed by atoms with Crippen molar-refractivity contribution in [3.63, 3.8) is 0 Å². The molecule has 1 aromatic rings. The number of hydrogen-bond donors (Lipinski definition) is 2. The predicted molar refractivity (Wildman–Crippen MR) is 208 cm³/mol. The van der Waals surface area contributed by atoms with E-state index in [-0.39, 0.29) is 59.6 Å². The molecule has 0 aromatic heterocycles. The Morgan fingerprint density at radius 1 is 0.887 bits per heavy atom. The van der Waals surface area contributed by atoms with Crippen molar-refractivity contribution < 1.29 is 33.4 Å². The second-order valence-corrected chi connectivity index (χ2v) is 15.8. The zero-order chi connectivity index (χ0) is 40.2. The lowest BCUT2D eigenvalue weighted by Crippen LogP contribution is -2.59. The topological polar surface area (TPSA) is 138 Å². The first-order valence-corrected chi connectivity index (χ1v) is 19.3. The number of benzene rings is 1. The molecule has 0 saturated carbocycles. The zero-order valence-corrected chi connectivity index (χ0v) is 34.7. The average molecular weight is 744 g/mol. The summed E-state index contributed by atoms with van der Waals surface area (Å²) < 4.78 is 11.9. The SMILES string of the molecule is CCC(C)C(C(CC(=O)N1CCCC1C(OC)C(C)C(=O)NC(Cc1ccccc1)C(C)=O)OC)N(C)C(=O)C(NC(=O)C(C(C)C)N(C)C)C(C)C. The van der Waals surface area contributed by atoms with Crippen molar-refractivity contribution in [3.8, 4) is 0 Å². The minimum atomic E-state index is -0.762. The minimum Gasteiger partial charge on any atom is -0.379 e. The molecule has 9 unspecified atom stereocenters. The lowest BCUT2D eigenvalue weighted by atomic mass is 9.89. The number of ketones is 1. The van der Waals surface area contributed by atoms with Crippen molar-refractivity contribution in [1.29, 1.82) is 0 Å². The number of nitrogens with zero attached hydrogens (tertiary/aromatic N) is 3. The van der Waals surface area contributed by atoms with Gasteiger partial charge >= 0.3 is 0 Å². The Morgan fingerprint density at radius 3 is 2.00 bits per heavy atom. The first-order chi connectivity index (χ1) is 24.9. The molecule has 1 aliphatic rings. The van der Waals surface area contributed by atoms with E-state index in [0.717, 1.165) is 18.4 Å². The molecule has 1 heterocycles. The summed E-state index contributed by atoms with van der Waals surface area (Å²) in [6.07, 6.45) is 1.32. The van der Waals surface area contributed by atoms with Crippen molar-refractivity contribution in [3.05, 3.63) is 35.9 Å². The van der Waals surface area contributed by atoms with Gasteiger partial charge in [-0.25, -0.2) is 0 Å². The molecular formula is C41H69N5O7. The normalized spacial score (nSPS) is 19.2. The Hall–Kier alpha value is -3.35. The molecule has 1 aromatic carbocycles. The Balaban J connectivity index is 2.27. The number of nitrogens with one attached hydrogen (secondary N) is 2. The fourth-order valence-corrected chi connectivity index (χ4v) is 7.86. The van der Waals surface area contributed by atoms with Crippen LogP contribution in [0.4, 0.5) is 0 Å². The summed E-state index contributed by atoms with van der Waals surface area (Å²) >= 11 is 0. The zero-order valence-electron chi connectivity index (χ0n) is 34.7. The lowest BCUT2D eigenvalue weighted by Gasteiger charge is -2.41. The Bertz CT molecular complexity index is 1330. The highest BCUT2D eigenvalue weighted by Crippen LogP contribution is 2.30. The molecule has 4 amide bonds. The van der Waals surface area contributed by atoms with Crippen LogP contribution in [0.2, 0.25) is 0 Å². The van der Waals surface area contributed by atoms with E-state index in [1.165, 1.54) is 6.92 Å². The molecular weight excluding hydrogens is 674 g/mol. The molecule has 300 valence electrons. The van der Waals surface area contributed by atoms with E-state index in [2.05, 4.69) is 10.6 Å². The average Bonchev–Trinajstić information content (AvgIpc) is 3.59. The van der Waals surface area contributed by atoms with Gasteiger partial charge in [-0.2, -0.15) is 0 Å². The van der Waals surface area contributed by atoms with Crippen LogP contribution in [-0.2, 0) is 39.9 Å². The van der Waals surface area contributed by atoms with Crippen molar-refractivity contribution in [2.75, 3.05) is 41.9 Å². The van der Waals surface area contributed by atoms with Gasteiger partial charge in [-0.15, -0.1) is 0 Å². The maximum Gasteiger partial charge on any atom is 0.245 e. The third kappa shape index (κ3) is 12.3. The van der Waals surface area contributed by atoms with Crippen LogP contribution in [0.25, 0.3) is 0 Å². The molecule has 53 heavy (non-hydrogen) atoms. The van der Waals surface area contributed by atoms with Crippen LogP contribution in [0.5, 0.6) is 0 Å². The van der Waals surface area contributed by atoms with Gasteiger partial charge in [0.05, 0.1) is 48.7 Å². The molecule has 0 bridgehead atoms. The third-order valence-electron chi connectivity index (χ3n) is 11.0. The molecule has 0 spiro atoms. The molecule has 2 rings (SSSR count). The van der Waals surface area contributed by atoms with Crippen LogP contribution in [0.1, 0.15) is 86.6 Å². The third-order valence-corrected chi connectivity index (χ3v) is 11.0. The number of rotatable bonds is 21.